The fourth-order valence-electron chi connectivity index (χ4n) is 2.49. The first-order chi connectivity index (χ1) is 12.2. The van der Waals surface area contributed by atoms with E-state index in [4.69, 9.17) is 9.15 Å². The number of rotatable bonds is 7. The Hall–Kier alpha value is -2.86. The number of benzene rings is 1. The quantitative estimate of drug-likeness (QED) is 0.645. The van der Waals surface area contributed by atoms with E-state index in [9.17, 15) is 4.79 Å². The highest BCUT2D eigenvalue weighted by atomic mass is 16.5. The van der Waals surface area contributed by atoms with Gasteiger partial charge in [-0.1, -0.05) is 18.2 Å². The van der Waals surface area contributed by atoms with Crippen LogP contribution in [0, 0.1) is 0 Å². The van der Waals surface area contributed by atoms with Gasteiger partial charge in [-0.3, -0.25) is 4.79 Å². The molecule has 130 valence electrons. The Morgan fingerprint density at radius 3 is 2.84 bits per heavy atom. The van der Waals surface area contributed by atoms with Gasteiger partial charge >= 0.3 is 0 Å². The third-order valence-corrected chi connectivity index (χ3v) is 3.85. The number of furan rings is 1. The number of ether oxygens (including phenoxy) is 1. The van der Waals surface area contributed by atoms with Gasteiger partial charge in [0.15, 0.2) is 0 Å². The second kappa shape index (κ2) is 7.81. The van der Waals surface area contributed by atoms with Crippen LogP contribution in [0.15, 0.2) is 53.1 Å². The number of nitrogens with zero attached hydrogens (tertiary/aromatic N) is 1. The molecule has 0 unspecified atom stereocenters. The molecule has 0 aliphatic heterocycles. The van der Waals surface area contributed by atoms with Crippen LogP contribution in [-0.4, -0.2) is 31.2 Å². The summed E-state index contributed by atoms with van der Waals surface area (Å²) in [6.45, 7) is 2.96. The van der Waals surface area contributed by atoms with Crippen LogP contribution >= 0.6 is 0 Å². The van der Waals surface area contributed by atoms with Crippen LogP contribution in [-0.2, 0) is 4.74 Å². The second-order valence-corrected chi connectivity index (χ2v) is 5.73. The molecule has 0 bridgehead atoms. The number of para-hydroxylation sites is 1. The standard InChI is InChI=1S/C19H21N3O3/c1-13(17-11-14-5-3-4-6-16(14)25-17)22-18-8-7-15(12-21-18)19(23)20-9-10-24-2/h3-8,11-13H,9-10H2,1-2H3,(H,20,23)(H,21,22)/t13-/m1/s1. The zero-order valence-corrected chi connectivity index (χ0v) is 14.3. The van der Waals surface area contributed by atoms with Gasteiger partial charge in [-0.25, -0.2) is 4.98 Å². The van der Waals surface area contributed by atoms with Gasteiger partial charge in [-0.05, 0) is 31.2 Å². The Morgan fingerprint density at radius 2 is 2.12 bits per heavy atom. The van der Waals surface area contributed by atoms with Crippen molar-refractivity contribution < 1.29 is 13.9 Å². The first-order valence-electron chi connectivity index (χ1n) is 8.15. The highest BCUT2D eigenvalue weighted by Gasteiger charge is 2.12. The number of anilines is 1. The number of hydrogen-bond acceptors (Lipinski definition) is 5. The van der Waals surface area contributed by atoms with Gasteiger partial charge in [0.25, 0.3) is 5.91 Å². The predicted molar refractivity (Wildman–Crippen MR) is 96.7 cm³/mol. The molecule has 2 N–H and O–H groups in total. The molecule has 0 aliphatic rings. The summed E-state index contributed by atoms with van der Waals surface area (Å²) in [5.74, 6) is 1.35. The maximum absolute atomic E-state index is 11.9. The van der Waals surface area contributed by atoms with Crippen LogP contribution in [0.2, 0.25) is 0 Å². The number of amides is 1. The summed E-state index contributed by atoms with van der Waals surface area (Å²) in [4.78, 5) is 16.2. The van der Waals surface area contributed by atoms with Crippen molar-refractivity contribution in [1.29, 1.82) is 0 Å². The molecule has 2 aromatic heterocycles. The van der Waals surface area contributed by atoms with E-state index in [1.165, 1.54) is 0 Å². The SMILES string of the molecule is COCCNC(=O)c1ccc(N[C@H](C)c2cc3ccccc3o2)nc1. The molecular weight excluding hydrogens is 318 g/mol. The van der Waals surface area contributed by atoms with Crippen molar-refractivity contribution in [3.63, 3.8) is 0 Å². The van der Waals surface area contributed by atoms with Gasteiger partial charge in [0.05, 0.1) is 18.2 Å². The monoisotopic (exact) mass is 339 g/mol. The van der Waals surface area contributed by atoms with Gasteiger partial charge in [-0.2, -0.15) is 0 Å². The van der Waals surface area contributed by atoms with E-state index in [-0.39, 0.29) is 11.9 Å². The Labute approximate surface area is 146 Å². The van der Waals surface area contributed by atoms with E-state index in [1.807, 2.05) is 37.3 Å². The third kappa shape index (κ3) is 4.16. The lowest BCUT2D eigenvalue weighted by Crippen LogP contribution is -2.27. The molecule has 0 saturated heterocycles. The smallest absolute Gasteiger partial charge is 0.252 e. The molecule has 3 aromatic rings. The maximum atomic E-state index is 11.9. The molecule has 1 atom stereocenters. The van der Waals surface area contributed by atoms with E-state index in [2.05, 4.69) is 15.6 Å². The zero-order chi connectivity index (χ0) is 17.6. The number of methoxy groups -OCH3 is 1. The van der Waals surface area contributed by atoms with Crippen LogP contribution in [0.25, 0.3) is 11.0 Å². The van der Waals surface area contributed by atoms with Gasteiger partial charge in [-0.15, -0.1) is 0 Å². The van der Waals surface area contributed by atoms with E-state index < -0.39 is 0 Å². The summed E-state index contributed by atoms with van der Waals surface area (Å²) >= 11 is 0. The summed E-state index contributed by atoms with van der Waals surface area (Å²) in [5.41, 5.74) is 1.38. The molecule has 1 aromatic carbocycles. The molecule has 25 heavy (non-hydrogen) atoms. The van der Waals surface area contributed by atoms with Crippen LogP contribution in [0.5, 0.6) is 0 Å². The summed E-state index contributed by atoms with van der Waals surface area (Å²) in [7, 11) is 1.59. The lowest BCUT2D eigenvalue weighted by atomic mass is 10.2. The minimum Gasteiger partial charge on any atom is -0.459 e. The van der Waals surface area contributed by atoms with Crippen molar-refractivity contribution in [3.8, 4) is 0 Å². The molecule has 0 spiro atoms. The van der Waals surface area contributed by atoms with Crippen molar-refractivity contribution in [1.82, 2.24) is 10.3 Å². The number of pyridine rings is 1. The maximum Gasteiger partial charge on any atom is 0.252 e. The van der Waals surface area contributed by atoms with Crippen molar-refractivity contribution >= 4 is 22.7 Å². The van der Waals surface area contributed by atoms with E-state index in [0.717, 1.165) is 16.7 Å². The fraction of sp³-hybridized carbons (Fsp3) is 0.263. The number of hydrogen-bond donors (Lipinski definition) is 2. The van der Waals surface area contributed by atoms with Crippen LogP contribution in [0.3, 0.4) is 0 Å². The van der Waals surface area contributed by atoms with Gasteiger partial charge in [0.1, 0.15) is 17.2 Å². The summed E-state index contributed by atoms with van der Waals surface area (Å²) in [6.07, 6.45) is 1.55. The minimum atomic E-state index is -0.165. The van der Waals surface area contributed by atoms with Gasteiger partial charge in [0, 0.05) is 25.2 Å². The summed E-state index contributed by atoms with van der Waals surface area (Å²) < 4.78 is 10.8. The fourth-order valence-corrected chi connectivity index (χ4v) is 2.49. The Bertz CT molecular complexity index is 810. The summed E-state index contributed by atoms with van der Waals surface area (Å²) in [5, 5.41) is 7.11. The van der Waals surface area contributed by atoms with Crippen molar-refractivity contribution in [3.05, 3.63) is 60.0 Å². The topological polar surface area (TPSA) is 76.4 Å². The number of aromatic nitrogens is 1. The number of nitrogens with one attached hydrogen (secondary N) is 2. The Morgan fingerprint density at radius 1 is 1.28 bits per heavy atom. The number of carbonyl (C=O) groups is 1. The summed E-state index contributed by atoms with van der Waals surface area (Å²) in [6, 6.07) is 13.4. The highest BCUT2D eigenvalue weighted by molar-refractivity contribution is 5.94. The van der Waals surface area contributed by atoms with Gasteiger partial charge < -0.3 is 19.8 Å². The Balaban J connectivity index is 1.63. The average molecular weight is 339 g/mol. The van der Waals surface area contributed by atoms with E-state index in [1.54, 1.807) is 25.4 Å². The number of carbonyl (C=O) groups excluding carboxylic acids is 1. The van der Waals surface area contributed by atoms with Crippen molar-refractivity contribution in [2.75, 3.05) is 25.6 Å². The molecule has 6 heteroatoms. The molecule has 6 nitrogen and oxygen atoms in total. The molecule has 1 amide bonds. The second-order valence-electron chi connectivity index (χ2n) is 5.73. The van der Waals surface area contributed by atoms with Crippen LogP contribution in [0.4, 0.5) is 5.82 Å². The molecule has 3 rings (SSSR count). The normalized spacial score (nSPS) is 12.1. The lowest BCUT2D eigenvalue weighted by Gasteiger charge is -2.12. The first kappa shape index (κ1) is 17.0. The van der Waals surface area contributed by atoms with E-state index in [0.29, 0.717) is 24.5 Å². The average Bonchev–Trinajstić information content (AvgIpc) is 3.07. The largest absolute Gasteiger partial charge is 0.459 e. The van der Waals surface area contributed by atoms with Crippen LogP contribution < -0.4 is 10.6 Å². The molecule has 0 fully saturated rings. The minimum absolute atomic E-state index is 0.0405. The third-order valence-electron chi connectivity index (χ3n) is 3.85. The lowest BCUT2D eigenvalue weighted by molar-refractivity contribution is 0.0937. The molecule has 0 radical (unpaired) electrons. The van der Waals surface area contributed by atoms with Crippen LogP contribution in [0.1, 0.15) is 29.1 Å². The van der Waals surface area contributed by atoms with Crippen molar-refractivity contribution in [2.24, 2.45) is 0 Å². The van der Waals surface area contributed by atoms with Crippen molar-refractivity contribution in [2.45, 2.75) is 13.0 Å². The molecule has 2 heterocycles. The predicted octanol–water partition coefficient (Wildman–Crippen LogP) is 3.38. The molecule has 0 saturated carbocycles. The molecular formula is C19H21N3O3. The van der Waals surface area contributed by atoms with Gasteiger partial charge in [0.2, 0.25) is 0 Å². The zero-order valence-electron chi connectivity index (χ0n) is 14.3. The van der Waals surface area contributed by atoms with E-state index >= 15 is 0 Å². The highest BCUT2D eigenvalue weighted by Crippen LogP contribution is 2.25. The first-order valence-corrected chi connectivity index (χ1v) is 8.15. The molecule has 0 aliphatic carbocycles. The number of fused-ring (bicyclic) bond motifs is 1. The Kier molecular flexibility index (Phi) is 5.30.